The highest BCUT2D eigenvalue weighted by Gasteiger charge is 2.43. The van der Waals surface area contributed by atoms with E-state index < -0.39 is 0 Å². The number of pyridine rings is 2. The first kappa shape index (κ1) is 21.1. The highest BCUT2D eigenvalue weighted by molar-refractivity contribution is 6.11. The number of aromatic nitrogens is 2. The number of fused-ring (bicyclic) bond motifs is 5. The molecular weight excluding hydrogens is 464 g/mol. The molecule has 0 spiro atoms. The maximum Gasteiger partial charge on any atom is 0.0970 e. The molecule has 6 aliphatic rings. The van der Waals surface area contributed by atoms with Crippen LogP contribution in [0.3, 0.4) is 0 Å². The zero-order valence-electron chi connectivity index (χ0n) is 21.4. The van der Waals surface area contributed by atoms with Gasteiger partial charge in [-0.25, -0.2) is 0 Å². The third kappa shape index (κ3) is 3.03. The smallest absolute Gasteiger partial charge is 0.0970 e. The van der Waals surface area contributed by atoms with Gasteiger partial charge in [-0.1, -0.05) is 36.4 Å². The third-order valence-electron chi connectivity index (χ3n) is 9.85. The lowest BCUT2D eigenvalue weighted by molar-refractivity contribution is 0.381. The molecule has 38 heavy (non-hydrogen) atoms. The van der Waals surface area contributed by atoms with Gasteiger partial charge >= 0.3 is 0 Å². The summed E-state index contributed by atoms with van der Waals surface area (Å²) in [6.07, 6.45) is 9.38. The van der Waals surface area contributed by atoms with Crippen LogP contribution in [0, 0.1) is 11.8 Å². The molecular formula is C34H30N4. The second-order valence-corrected chi connectivity index (χ2v) is 12.0. The van der Waals surface area contributed by atoms with Crippen molar-refractivity contribution in [3.05, 3.63) is 85.2 Å². The van der Waals surface area contributed by atoms with Crippen molar-refractivity contribution in [3.63, 3.8) is 0 Å². The van der Waals surface area contributed by atoms with Gasteiger partial charge in [-0.15, -0.1) is 0 Å². The quantitative estimate of drug-likeness (QED) is 0.245. The maximum absolute atomic E-state index is 4.83. The Morgan fingerprint density at radius 1 is 0.500 bits per heavy atom. The second kappa shape index (κ2) is 7.80. The fourth-order valence-corrected chi connectivity index (χ4v) is 7.69. The van der Waals surface area contributed by atoms with E-state index >= 15 is 0 Å². The molecule has 4 heteroatoms. The van der Waals surface area contributed by atoms with Crippen molar-refractivity contribution in [2.75, 3.05) is 22.9 Å². The number of anilines is 2. The molecule has 186 valence electrons. The molecule has 0 N–H and O–H groups in total. The molecule has 4 nitrogen and oxygen atoms in total. The molecule has 3 aromatic carbocycles. The monoisotopic (exact) mass is 494 g/mol. The van der Waals surface area contributed by atoms with Crippen LogP contribution in [-0.2, 0) is 0 Å². The Morgan fingerprint density at radius 2 is 0.921 bits per heavy atom. The van der Waals surface area contributed by atoms with Gasteiger partial charge in [-0.3, -0.25) is 9.97 Å². The molecule has 2 aromatic heterocycles. The van der Waals surface area contributed by atoms with E-state index in [1.54, 1.807) is 0 Å². The summed E-state index contributed by atoms with van der Waals surface area (Å²) in [5.74, 6) is 1.84. The number of hydrogen-bond donors (Lipinski definition) is 0. The molecule has 0 amide bonds. The minimum absolute atomic E-state index is 0.765. The predicted molar refractivity (Wildman–Crippen MR) is 156 cm³/mol. The van der Waals surface area contributed by atoms with Crippen LogP contribution in [0.25, 0.3) is 44.1 Å². The third-order valence-corrected chi connectivity index (χ3v) is 9.85. The van der Waals surface area contributed by atoms with Gasteiger partial charge in [-0.2, -0.15) is 0 Å². The zero-order chi connectivity index (χ0) is 24.8. The topological polar surface area (TPSA) is 32.3 Å². The van der Waals surface area contributed by atoms with Gasteiger partial charge < -0.3 is 9.80 Å². The van der Waals surface area contributed by atoms with E-state index in [-0.39, 0.29) is 0 Å². The molecule has 0 radical (unpaired) electrons. The summed E-state index contributed by atoms with van der Waals surface area (Å²) in [6, 6.07) is 28.6. The maximum atomic E-state index is 4.83. The van der Waals surface area contributed by atoms with E-state index in [4.69, 9.17) is 9.97 Å². The fraction of sp³-hybridized carbons (Fsp3) is 0.294. The molecule has 6 fully saturated rings. The average Bonchev–Trinajstić information content (AvgIpc) is 3.73. The first-order chi connectivity index (χ1) is 18.8. The van der Waals surface area contributed by atoms with Crippen molar-refractivity contribution in [3.8, 4) is 22.3 Å². The lowest BCUT2D eigenvalue weighted by atomic mass is 9.86. The number of benzene rings is 3. The van der Waals surface area contributed by atoms with Gasteiger partial charge in [0.2, 0.25) is 0 Å². The summed E-state index contributed by atoms with van der Waals surface area (Å²) in [5, 5.41) is 2.31. The highest BCUT2D eigenvalue weighted by Crippen LogP contribution is 2.45. The van der Waals surface area contributed by atoms with Crippen LogP contribution in [0.4, 0.5) is 11.4 Å². The number of rotatable bonds is 4. The van der Waals surface area contributed by atoms with Gasteiger partial charge in [0, 0.05) is 59.7 Å². The largest absolute Gasteiger partial charge is 0.368 e. The summed E-state index contributed by atoms with van der Waals surface area (Å²) >= 11 is 0. The summed E-state index contributed by atoms with van der Waals surface area (Å²) < 4.78 is 0. The fourth-order valence-electron chi connectivity index (χ4n) is 7.69. The Hall–Kier alpha value is -3.92. The summed E-state index contributed by atoms with van der Waals surface area (Å²) in [5.41, 5.74) is 9.57. The Balaban J connectivity index is 1.09. The number of nitrogens with zero attached hydrogens (tertiary/aromatic N) is 4. The van der Waals surface area contributed by atoms with E-state index in [0.29, 0.717) is 0 Å². The standard InChI is InChI=1S/C34H30N4/c1-5-25(37-19-21-15-27(37)16-21)6-2-23(1)29-11-13-35-33-31(29)9-10-32-30(12-14-36-34(32)33)24-3-7-26(8-4-24)38-20-22-17-28(38)18-22/h1-14,21-22,27-28H,15-20H2. The molecule has 4 aliphatic heterocycles. The normalized spacial score (nSPS) is 25.2. The molecule has 4 bridgehead atoms. The molecule has 0 unspecified atom stereocenters. The summed E-state index contributed by atoms with van der Waals surface area (Å²) in [4.78, 5) is 14.8. The highest BCUT2D eigenvalue weighted by atomic mass is 15.2. The Kier molecular flexibility index (Phi) is 4.32. The van der Waals surface area contributed by atoms with Crippen LogP contribution < -0.4 is 9.80 Å². The van der Waals surface area contributed by atoms with Crippen LogP contribution in [0.5, 0.6) is 0 Å². The van der Waals surface area contributed by atoms with Gasteiger partial charge in [0.1, 0.15) is 0 Å². The van der Waals surface area contributed by atoms with Crippen LogP contribution in [0.2, 0.25) is 0 Å². The van der Waals surface area contributed by atoms with Crippen molar-refractivity contribution in [1.82, 2.24) is 9.97 Å². The van der Waals surface area contributed by atoms with E-state index in [0.717, 1.165) is 45.7 Å². The second-order valence-electron chi connectivity index (χ2n) is 12.0. The van der Waals surface area contributed by atoms with Crippen LogP contribution in [0.15, 0.2) is 85.2 Å². The Labute approximate surface area is 222 Å². The molecule has 2 saturated carbocycles. The van der Waals surface area contributed by atoms with Crippen molar-refractivity contribution >= 4 is 33.2 Å². The summed E-state index contributed by atoms with van der Waals surface area (Å²) in [6.45, 7) is 2.45. The van der Waals surface area contributed by atoms with Gasteiger partial charge in [0.25, 0.3) is 0 Å². The van der Waals surface area contributed by atoms with Crippen LogP contribution in [-0.4, -0.2) is 35.1 Å². The van der Waals surface area contributed by atoms with E-state index in [2.05, 4.69) is 82.6 Å². The molecule has 11 rings (SSSR count). The molecule has 6 heterocycles. The minimum atomic E-state index is 0.765. The molecule has 5 aromatic rings. The Bertz CT molecular complexity index is 1570. The van der Waals surface area contributed by atoms with Crippen LogP contribution >= 0.6 is 0 Å². The lowest BCUT2D eigenvalue weighted by Crippen LogP contribution is -2.28. The number of hydrogen-bond acceptors (Lipinski definition) is 4. The molecule has 4 saturated heterocycles. The first-order valence-corrected chi connectivity index (χ1v) is 14.2. The van der Waals surface area contributed by atoms with Crippen molar-refractivity contribution < 1.29 is 0 Å². The predicted octanol–water partition coefficient (Wildman–Crippen LogP) is 7.31. The van der Waals surface area contributed by atoms with Crippen LogP contribution in [0.1, 0.15) is 25.7 Å². The molecule has 2 aliphatic carbocycles. The average molecular weight is 495 g/mol. The Morgan fingerprint density at radius 3 is 1.29 bits per heavy atom. The van der Waals surface area contributed by atoms with E-state index in [9.17, 15) is 0 Å². The van der Waals surface area contributed by atoms with E-state index in [1.807, 2.05) is 12.4 Å². The van der Waals surface area contributed by atoms with Crippen molar-refractivity contribution in [2.24, 2.45) is 11.8 Å². The van der Waals surface area contributed by atoms with E-state index in [1.165, 1.54) is 72.4 Å². The first-order valence-electron chi connectivity index (χ1n) is 14.2. The van der Waals surface area contributed by atoms with Crippen molar-refractivity contribution in [2.45, 2.75) is 37.8 Å². The lowest BCUT2D eigenvalue weighted by Gasteiger charge is -2.27. The SMILES string of the molecule is c1cc(-c2ccc(N3CC4CC3C4)cc2)c2ccc3c(-c4ccc(N5CC6CC5C6)cc4)ccnc3c2n1. The van der Waals surface area contributed by atoms with Gasteiger partial charge in [-0.05, 0) is 96.2 Å². The van der Waals surface area contributed by atoms with Crippen molar-refractivity contribution in [1.29, 1.82) is 0 Å². The summed E-state index contributed by atoms with van der Waals surface area (Å²) in [7, 11) is 0. The van der Waals surface area contributed by atoms with Gasteiger partial charge in [0.05, 0.1) is 11.0 Å². The van der Waals surface area contributed by atoms with Gasteiger partial charge in [0.15, 0.2) is 0 Å². The zero-order valence-corrected chi connectivity index (χ0v) is 21.4. The molecule has 0 atom stereocenters. The minimum Gasteiger partial charge on any atom is -0.368 e.